The maximum Gasteiger partial charge on any atom is 0.292 e. The lowest BCUT2D eigenvalue weighted by Crippen LogP contribution is -3.29. The maximum absolute atomic E-state index is 13.2. The monoisotopic (exact) mass is 409 g/mol. The predicted octanol–water partition coefficient (Wildman–Crippen LogP) is -0.927. The SMILES string of the molecule is O=C1C[C@H]([NH+]2CC[NH+](Cc3ccccc3)CC2)C(=O)N1c1ccc2c(c1)OCCO2. The van der Waals surface area contributed by atoms with Gasteiger partial charge in [0.1, 0.15) is 45.9 Å². The Hall–Kier alpha value is -2.90. The number of piperazine rings is 1. The molecular formula is C23H27N3O4+2. The van der Waals surface area contributed by atoms with Crippen LogP contribution in [0.2, 0.25) is 0 Å². The number of nitrogens with one attached hydrogen (secondary N) is 2. The van der Waals surface area contributed by atoms with Crippen molar-refractivity contribution in [1.29, 1.82) is 0 Å². The highest BCUT2D eigenvalue weighted by Crippen LogP contribution is 2.35. The summed E-state index contributed by atoms with van der Waals surface area (Å²) in [5.41, 5.74) is 1.91. The molecule has 0 aliphatic carbocycles. The minimum Gasteiger partial charge on any atom is -0.486 e. The third-order valence-corrected chi connectivity index (χ3v) is 6.32. The molecular weight excluding hydrogens is 382 g/mol. The molecule has 30 heavy (non-hydrogen) atoms. The molecule has 3 heterocycles. The number of imide groups is 1. The van der Waals surface area contributed by atoms with Gasteiger partial charge < -0.3 is 19.3 Å². The van der Waals surface area contributed by atoms with E-state index in [2.05, 4.69) is 24.3 Å². The van der Waals surface area contributed by atoms with Crippen molar-refractivity contribution in [1.82, 2.24) is 0 Å². The number of fused-ring (bicyclic) bond motifs is 1. The summed E-state index contributed by atoms with van der Waals surface area (Å²) in [6, 6.07) is 15.5. The first-order valence-corrected chi connectivity index (χ1v) is 10.7. The van der Waals surface area contributed by atoms with E-state index >= 15 is 0 Å². The number of ether oxygens (including phenoxy) is 2. The fourth-order valence-corrected chi connectivity index (χ4v) is 4.73. The Morgan fingerprint density at radius 3 is 2.40 bits per heavy atom. The highest BCUT2D eigenvalue weighted by molar-refractivity contribution is 6.22. The van der Waals surface area contributed by atoms with Crippen molar-refractivity contribution in [2.45, 2.75) is 19.0 Å². The third kappa shape index (κ3) is 3.66. The number of hydrogen-bond acceptors (Lipinski definition) is 4. The lowest BCUT2D eigenvalue weighted by atomic mass is 10.1. The third-order valence-electron chi connectivity index (χ3n) is 6.32. The molecule has 156 valence electrons. The molecule has 7 nitrogen and oxygen atoms in total. The van der Waals surface area contributed by atoms with Crippen LogP contribution in [0.3, 0.4) is 0 Å². The average Bonchev–Trinajstić information content (AvgIpc) is 3.08. The number of rotatable bonds is 4. The van der Waals surface area contributed by atoms with Crippen molar-refractivity contribution in [3.63, 3.8) is 0 Å². The van der Waals surface area contributed by atoms with Crippen molar-refractivity contribution in [3.05, 3.63) is 54.1 Å². The number of hydrogen-bond donors (Lipinski definition) is 2. The zero-order chi connectivity index (χ0) is 20.5. The molecule has 2 amide bonds. The molecule has 2 saturated heterocycles. The van der Waals surface area contributed by atoms with Crippen LogP contribution in [0.1, 0.15) is 12.0 Å². The van der Waals surface area contributed by atoms with Gasteiger partial charge in [-0.15, -0.1) is 0 Å². The van der Waals surface area contributed by atoms with Crippen LogP contribution in [-0.2, 0) is 16.1 Å². The molecule has 0 radical (unpaired) electrons. The van der Waals surface area contributed by atoms with Gasteiger partial charge in [0.25, 0.3) is 5.91 Å². The standard InChI is InChI=1S/C23H25N3O4/c27-22-15-19(25-10-8-24(9-11-25)16-17-4-2-1-3-5-17)23(28)26(22)18-6-7-20-21(14-18)30-13-12-29-20/h1-7,14,19H,8-13,15-16H2/p+2/t19-/m0/s1. The normalized spacial score (nSPS) is 26.1. The molecule has 3 aliphatic rings. The van der Waals surface area contributed by atoms with Crippen LogP contribution >= 0.6 is 0 Å². The summed E-state index contributed by atoms with van der Waals surface area (Å²) < 4.78 is 11.2. The minimum atomic E-state index is -0.288. The van der Waals surface area contributed by atoms with Gasteiger partial charge in [-0.3, -0.25) is 9.59 Å². The van der Waals surface area contributed by atoms with Gasteiger partial charge in [-0.2, -0.15) is 0 Å². The van der Waals surface area contributed by atoms with Gasteiger partial charge in [-0.05, 0) is 12.1 Å². The Kier molecular flexibility index (Phi) is 5.14. The van der Waals surface area contributed by atoms with Crippen molar-refractivity contribution in [2.24, 2.45) is 0 Å². The second kappa shape index (κ2) is 8.08. The maximum atomic E-state index is 13.2. The molecule has 1 atom stereocenters. The number of carbonyl (C=O) groups excluding carboxylic acids is 2. The van der Waals surface area contributed by atoms with Crippen molar-refractivity contribution >= 4 is 17.5 Å². The Morgan fingerprint density at radius 2 is 1.63 bits per heavy atom. The van der Waals surface area contributed by atoms with E-state index in [9.17, 15) is 9.59 Å². The van der Waals surface area contributed by atoms with Gasteiger partial charge in [-0.25, -0.2) is 4.90 Å². The van der Waals surface area contributed by atoms with Crippen LogP contribution in [0.25, 0.3) is 0 Å². The summed E-state index contributed by atoms with van der Waals surface area (Å²) in [4.78, 5) is 30.0. The van der Waals surface area contributed by atoms with Gasteiger partial charge in [0.2, 0.25) is 5.91 Å². The first-order chi connectivity index (χ1) is 14.7. The Bertz CT molecular complexity index is 941. The van der Waals surface area contributed by atoms with Gasteiger partial charge in [0.15, 0.2) is 17.5 Å². The molecule has 0 saturated carbocycles. The Balaban J connectivity index is 1.24. The molecule has 0 spiro atoms. The fraction of sp³-hybridized carbons (Fsp3) is 0.391. The van der Waals surface area contributed by atoms with Crippen LogP contribution in [0.5, 0.6) is 11.5 Å². The smallest absolute Gasteiger partial charge is 0.292 e. The van der Waals surface area contributed by atoms with Gasteiger partial charge in [0, 0.05) is 11.6 Å². The molecule has 7 heteroatoms. The summed E-state index contributed by atoms with van der Waals surface area (Å²) in [6.07, 6.45) is 0.274. The minimum absolute atomic E-state index is 0.0989. The van der Waals surface area contributed by atoms with E-state index in [4.69, 9.17) is 9.47 Å². The summed E-state index contributed by atoms with van der Waals surface area (Å²) in [7, 11) is 0. The van der Waals surface area contributed by atoms with Crippen molar-refractivity contribution in [3.8, 4) is 11.5 Å². The first-order valence-electron chi connectivity index (χ1n) is 10.7. The number of amides is 2. The van der Waals surface area contributed by atoms with Crippen molar-refractivity contribution in [2.75, 3.05) is 44.3 Å². The van der Waals surface area contributed by atoms with Crippen LogP contribution in [0.4, 0.5) is 5.69 Å². The van der Waals surface area contributed by atoms with Crippen molar-refractivity contribution < 1.29 is 28.9 Å². The highest BCUT2D eigenvalue weighted by Gasteiger charge is 2.47. The van der Waals surface area contributed by atoms with Gasteiger partial charge >= 0.3 is 0 Å². The zero-order valence-corrected chi connectivity index (χ0v) is 16.9. The van der Waals surface area contributed by atoms with Crippen LogP contribution in [0.15, 0.2) is 48.5 Å². The van der Waals surface area contributed by atoms with E-state index in [1.165, 1.54) is 20.3 Å². The van der Waals surface area contributed by atoms with Gasteiger partial charge in [0.05, 0.1) is 12.1 Å². The van der Waals surface area contributed by atoms with Gasteiger partial charge in [-0.1, -0.05) is 30.3 Å². The second-order valence-corrected chi connectivity index (χ2v) is 8.22. The van der Waals surface area contributed by atoms with Crippen LogP contribution in [-0.4, -0.2) is 57.2 Å². The van der Waals surface area contributed by atoms with E-state index in [-0.39, 0.29) is 24.3 Å². The molecule has 3 aliphatic heterocycles. The predicted molar refractivity (Wildman–Crippen MR) is 110 cm³/mol. The molecule has 0 aromatic heterocycles. The number of benzene rings is 2. The molecule has 2 aromatic carbocycles. The Morgan fingerprint density at radius 1 is 0.900 bits per heavy atom. The van der Waals surface area contributed by atoms with E-state index in [0.29, 0.717) is 30.4 Å². The zero-order valence-electron chi connectivity index (χ0n) is 16.9. The fourth-order valence-electron chi connectivity index (χ4n) is 4.73. The number of nitrogens with zero attached hydrogens (tertiary/aromatic N) is 1. The summed E-state index contributed by atoms with van der Waals surface area (Å²) in [5, 5.41) is 0. The number of anilines is 1. The van der Waals surface area contributed by atoms with E-state index in [1.54, 1.807) is 18.2 Å². The Labute approximate surface area is 175 Å². The number of carbonyl (C=O) groups is 2. The van der Waals surface area contributed by atoms with Crippen LogP contribution in [0, 0.1) is 0 Å². The molecule has 2 N–H and O–H groups in total. The largest absolute Gasteiger partial charge is 0.486 e. The van der Waals surface area contributed by atoms with Crippen LogP contribution < -0.4 is 24.2 Å². The summed E-state index contributed by atoms with van der Waals surface area (Å²) in [5.74, 6) is 1.02. The molecule has 2 fully saturated rings. The number of quaternary nitrogens is 2. The quantitative estimate of drug-likeness (QED) is 0.641. The second-order valence-electron chi connectivity index (χ2n) is 8.22. The summed E-state index contributed by atoms with van der Waals surface area (Å²) >= 11 is 0. The average molecular weight is 409 g/mol. The van der Waals surface area contributed by atoms with E-state index in [1.807, 2.05) is 6.07 Å². The molecule has 0 bridgehead atoms. The van der Waals surface area contributed by atoms with E-state index < -0.39 is 0 Å². The molecule has 0 unspecified atom stereocenters. The summed E-state index contributed by atoms with van der Waals surface area (Å²) in [6.45, 7) is 5.81. The highest BCUT2D eigenvalue weighted by atomic mass is 16.6. The van der Waals surface area contributed by atoms with E-state index in [0.717, 1.165) is 32.7 Å². The first kappa shape index (κ1) is 19.1. The lowest BCUT2D eigenvalue weighted by molar-refractivity contribution is -1.02. The molecule has 5 rings (SSSR count). The topological polar surface area (TPSA) is 64.7 Å². The molecule has 2 aromatic rings. The lowest BCUT2D eigenvalue weighted by Gasteiger charge is -2.32.